The highest BCUT2D eigenvalue weighted by molar-refractivity contribution is 5.91. The van der Waals surface area contributed by atoms with E-state index in [-0.39, 0.29) is 5.91 Å². The van der Waals surface area contributed by atoms with Crippen molar-refractivity contribution in [3.8, 4) is 0 Å². The van der Waals surface area contributed by atoms with Gasteiger partial charge in [-0.2, -0.15) is 0 Å². The van der Waals surface area contributed by atoms with Crippen LogP contribution in [-0.4, -0.2) is 22.1 Å². The number of hydrogen-bond acceptors (Lipinski definition) is 4. The summed E-state index contributed by atoms with van der Waals surface area (Å²) in [5, 5.41) is 14.1. The number of anilines is 2. The molecule has 1 amide bonds. The molecular formula is C16H18N4O. The summed E-state index contributed by atoms with van der Waals surface area (Å²) in [6.45, 7) is 2.01. The number of aromatic nitrogens is 2. The molecule has 3 rings (SSSR count). The first-order chi connectivity index (χ1) is 10.2. The Balaban J connectivity index is 1.56. The molecule has 108 valence electrons. The zero-order valence-corrected chi connectivity index (χ0v) is 12.0. The number of hydrogen-bond donors (Lipinski definition) is 2. The van der Waals surface area contributed by atoms with E-state index in [2.05, 4.69) is 20.8 Å². The molecule has 0 spiro atoms. The fourth-order valence-corrected chi connectivity index (χ4v) is 2.11. The van der Waals surface area contributed by atoms with Crippen LogP contribution in [-0.2, 0) is 11.2 Å². The van der Waals surface area contributed by atoms with Crippen LogP contribution in [0.4, 0.5) is 11.6 Å². The van der Waals surface area contributed by atoms with Crippen LogP contribution >= 0.6 is 0 Å². The highest BCUT2D eigenvalue weighted by Gasteiger charge is 2.21. The third-order valence-electron chi connectivity index (χ3n) is 3.31. The quantitative estimate of drug-likeness (QED) is 0.884. The van der Waals surface area contributed by atoms with Crippen LogP contribution in [0.2, 0.25) is 0 Å². The lowest BCUT2D eigenvalue weighted by Gasteiger charge is -2.06. The lowest BCUT2D eigenvalue weighted by atomic mass is 10.1. The number of aryl methyl sites for hydroxylation is 1. The van der Waals surface area contributed by atoms with Gasteiger partial charge in [-0.1, -0.05) is 29.8 Å². The maximum atomic E-state index is 12.0. The van der Waals surface area contributed by atoms with Crippen LogP contribution in [0.25, 0.3) is 0 Å². The molecule has 1 fully saturated rings. The zero-order valence-electron chi connectivity index (χ0n) is 12.0. The van der Waals surface area contributed by atoms with Crippen molar-refractivity contribution in [3.05, 3.63) is 47.5 Å². The summed E-state index contributed by atoms with van der Waals surface area (Å²) in [7, 11) is 0. The Labute approximate surface area is 123 Å². The van der Waals surface area contributed by atoms with Gasteiger partial charge >= 0.3 is 0 Å². The Morgan fingerprint density at radius 1 is 1.19 bits per heavy atom. The molecule has 0 bridgehead atoms. The summed E-state index contributed by atoms with van der Waals surface area (Å²) < 4.78 is 0. The second-order valence-electron chi connectivity index (χ2n) is 5.44. The van der Waals surface area contributed by atoms with Gasteiger partial charge in [-0.3, -0.25) is 4.79 Å². The van der Waals surface area contributed by atoms with Crippen LogP contribution in [0.15, 0.2) is 36.4 Å². The Bertz CT molecular complexity index is 635. The van der Waals surface area contributed by atoms with E-state index in [1.165, 1.54) is 12.8 Å². The summed E-state index contributed by atoms with van der Waals surface area (Å²) >= 11 is 0. The van der Waals surface area contributed by atoms with Crippen LogP contribution in [0.5, 0.6) is 0 Å². The summed E-state index contributed by atoms with van der Waals surface area (Å²) in [6, 6.07) is 12.1. The minimum absolute atomic E-state index is 0.0854. The fraction of sp³-hybridized carbons (Fsp3) is 0.312. The Morgan fingerprint density at radius 3 is 2.62 bits per heavy atom. The molecule has 2 aromatic rings. The zero-order chi connectivity index (χ0) is 14.7. The van der Waals surface area contributed by atoms with Crippen molar-refractivity contribution in [3.63, 3.8) is 0 Å². The number of rotatable bonds is 5. The van der Waals surface area contributed by atoms with E-state index in [1.807, 2.05) is 37.3 Å². The lowest BCUT2D eigenvalue weighted by Crippen LogP contribution is -2.16. The van der Waals surface area contributed by atoms with E-state index in [0.29, 0.717) is 18.3 Å². The van der Waals surface area contributed by atoms with Crippen LogP contribution in [0.3, 0.4) is 0 Å². The molecule has 5 heteroatoms. The van der Waals surface area contributed by atoms with Crippen LogP contribution in [0.1, 0.15) is 24.0 Å². The van der Waals surface area contributed by atoms with E-state index < -0.39 is 0 Å². The van der Waals surface area contributed by atoms with Crippen LogP contribution in [0, 0.1) is 6.92 Å². The minimum atomic E-state index is -0.0854. The predicted molar refractivity (Wildman–Crippen MR) is 82.2 cm³/mol. The second kappa shape index (κ2) is 5.91. The molecule has 1 saturated carbocycles. The van der Waals surface area contributed by atoms with Crippen molar-refractivity contribution in [2.75, 3.05) is 10.6 Å². The standard InChI is InChI=1S/C16H18N4O/c1-11-3-2-4-12(9-11)10-16(21)18-15-8-7-14(19-20-15)17-13-5-6-13/h2-4,7-9,13H,5-6,10H2,1H3,(H,17,19)(H,18,20,21). The van der Waals surface area contributed by atoms with Gasteiger partial charge < -0.3 is 10.6 Å². The number of nitrogens with zero attached hydrogens (tertiary/aromatic N) is 2. The third-order valence-corrected chi connectivity index (χ3v) is 3.31. The largest absolute Gasteiger partial charge is 0.366 e. The molecule has 0 atom stereocenters. The van der Waals surface area contributed by atoms with Gasteiger partial charge in [-0.05, 0) is 37.5 Å². The summed E-state index contributed by atoms with van der Waals surface area (Å²) in [5.74, 6) is 1.15. The van der Waals surface area contributed by atoms with E-state index in [9.17, 15) is 4.79 Å². The summed E-state index contributed by atoms with van der Waals surface area (Å²) in [5.41, 5.74) is 2.14. The molecule has 21 heavy (non-hydrogen) atoms. The molecule has 1 aliphatic rings. The molecule has 0 unspecified atom stereocenters. The smallest absolute Gasteiger partial charge is 0.229 e. The average molecular weight is 282 g/mol. The Kier molecular flexibility index (Phi) is 3.81. The SMILES string of the molecule is Cc1cccc(CC(=O)Nc2ccc(NC3CC3)nn2)c1. The van der Waals surface area contributed by atoms with Crippen molar-refractivity contribution < 1.29 is 4.79 Å². The molecule has 1 aliphatic carbocycles. The van der Waals surface area contributed by atoms with Gasteiger partial charge in [0, 0.05) is 6.04 Å². The van der Waals surface area contributed by atoms with E-state index in [4.69, 9.17) is 0 Å². The van der Waals surface area contributed by atoms with Crippen molar-refractivity contribution in [2.45, 2.75) is 32.2 Å². The first-order valence-electron chi connectivity index (χ1n) is 7.15. The average Bonchev–Trinajstić information content (AvgIpc) is 3.25. The van der Waals surface area contributed by atoms with E-state index >= 15 is 0 Å². The number of amides is 1. The molecule has 0 radical (unpaired) electrons. The highest BCUT2D eigenvalue weighted by Crippen LogP contribution is 2.23. The maximum Gasteiger partial charge on any atom is 0.229 e. The molecule has 0 saturated heterocycles. The maximum absolute atomic E-state index is 12.0. The first kappa shape index (κ1) is 13.5. The molecule has 0 aliphatic heterocycles. The minimum Gasteiger partial charge on any atom is -0.366 e. The molecule has 5 nitrogen and oxygen atoms in total. The fourth-order valence-electron chi connectivity index (χ4n) is 2.11. The van der Waals surface area contributed by atoms with Gasteiger partial charge in [0.05, 0.1) is 6.42 Å². The molecule has 1 aromatic carbocycles. The first-order valence-corrected chi connectivity index (χ1v) is 7.15. The predicted octanol–water partition coefficient (Wildman–Crippen LogP) is 2.54. The van der Waals surface area contributed by atoms with Crippen molar-refractivity contribution >= 4 is 17.5 Å². The van der Waals surface area contributed by atoms with Crippen molar-refractivity contribution in [1.82, 2.24) is 10.2 Å². The molecule has 1 aromatic heterocycles. The van der Waals surface area contributed by atoms with Crippen LogP contribution < -0.4 is 10.6 Å². The third kappa shape index (κ3) is 4.02. The monoisotopic (exact) mass is 282 g/mol. The topological polar surface area (TPSA) is 66.9 Å². The van der Waals surface area contributed by atoms with Gasteiger partial charge in [-0.15, -0.1) is 10.2 Å². The summed E-state index contributed by atoms with van der Waals surface area (Å²) in [4.78, 5) is 12.0. The molecule has 1 heterocycles. The molecular weight excluding hydrogens is 264 g/mol. The summed E-state index contributed by atoms with van der Waals surface area (Å²) in [6.07, 6.45) is 2.72. The number of carbonyl (C=O) groups is 1. The van der Waals surface area contributed by atoms with Gasteiger partial charge in [0.25, 0.3) is 0 Å². The second-order valence-corrected chi connectivity index (χ2v) is 5.44. The molecule has 2 N–H and O–H groups in total. The number of nitrogens with one attached hydrogen (secondary N) is 2. The Hall–Kier alpha value is -2.43. The van der Waals surface area contributed by atoms with Crippen molar-refractivity contribution in [2.24, 2.45) is 0 Å². The number of benzene rings is 1. The highest BCUT2D eigenvalue weighted by atomic mass is 16.1. The number of carbonyl (C=O) groups excluding carboxylic acids is 1. The normalized spacial score (nSPS) is 13.8. The van der Waals surface area contributed by atoms with Gasteiger partial charge in [0.1, 0.15) is 5.82 Å². The van der Waals surface area contributed by atoms with Crippen molar-refractivity contribution in [1.29, 1.82) is 0 Å². The Morgan fingerprint density at radius 2 is 1.95 bits per heavy atom. The van der Waals surface area contributed by atoms with Gasteiger partial charge in [0.2, 0.25) is 5.91 Å². The van der Waals surface area contributed by atoms with Gasteiger partial charge in [0.15, 0.2) is 5.82 Å². The van der Waals surface area contributed by atoms with Gasteiger partial charge in [-0.25, -0.2) is 0 Å². The van der Waals surface area contributed by atoms with E-state index in [1.54, 1.807) is 6.07 Å². The van der Waals surface area contributed by atoms with E-state index in [0.717, 1.165) is 16.9 Å². The lowest BCUT2D eigenvalue weighted by molar-refractivity contribution is -0.115.